The molecule has 0 fully saturated rings. The number of hydrogen-bond donors (Lipinski definition) is 2. The number of rotatable bonds is 5. The van der Waals surface area contributed by atoms with Crippen molar-refractivity contribution >= 4 is 11.6 Å². The lowest BCUT2D eigenvalue weighted by Gasteiger charge is -2.24. The van der Waals surface area contributed by atoms with Crippen LogP contribution >= 0.6 is 0 Å². The van der Waals surface area contributed by atoms with Gasteiger partial charge in [-0.05, 0) is 25.5 Å². The van der Waals surface area contributed by atoms with Crippen molar-refractivity contribution in [2.45, 2.75) is 26.7 Å². The lowest BCUT2D eigenvalue weighted by atomic mass is 10.3. The quantitative estimate of drug-likeness (QED) is 0.270. The predicted octanol–water partition coefficient (Wildman–Crippen LogP) is 2.13. The number of nitrogens with zero attached hydrogens (tertiary/aromatic N) is 2. The Bertz CT molecular complexity index is 335. The van der Waals surface area contributed by atoms with E-state index in [1.807, 2.05) is 18.2 Å². The highest BCUT2D eigenvalue weighted by Gasteiger charge is 2.09. The van der Waals surface area contributed by atoms with Gasteiger partial charge < -0.3 is 4.90 Å². The van der Waals surface area contributed by atoms with E-state index in [2.05, 4.69) is 41.3 Å². The van der Waals surface area contributed by atoms with Gasteiger partial charge in [0.05, 0.1) is 0 Å². The maximum atomic E-state index is 5.55. The number of unbranched alkanes of at least 4 members (excludes halogenated alkanes) is 1. The maximum absolute atomic E-state index is 5.55. The number of anilines is 1. The summed E-state index contributed by atoms with van der Waals surface area (Å²) in [5.41, 5.74) is 3.79. The molecule has 4 nitrogen and oxygen atoms in total. The van der Waals surface area contributed by atoms with Gasteiger partial charge in [0, 0.05) is 18.8 Å². The minimum atomic E-state index is 0.729. The van der Waals surface area contributed by atoms with E-state index in [0.717, 1.165) is 37.6 Å². The fourth-order valence-corrected chi connectivity index (χ4v) is 1.61. The van der Waals surface area contributed by atoms with E-state index >= 15 is 0 Å². The van der Waals surface area contributed by atoms with Gasteiger partial charge >= 0.3 is 0 Å². The molecule has 0 radical (unpaired) electrons. The van der Waals surface area contributed by atoms with Crippen molar-refractivity contribution in [1.29, 1.82) is 0 Å². The number of hydrogen-bond acceptors (Lipinski definition) is 2. The molecule has 0 unspecified atom stereocenters. The predicted molar refractivity (Wildman–Crippen MR) is 74.0 cm³/mol. The van der Waals surface area contributed by atoms with Crippen LogP contribution in [0.5, 0.6) is 0 Å². The van der Waals surface area contributed by atoms with E-state index in [1.165, 1.54) is 0 Å². The molecule has 0 aliphatic rings. The molecule has 0 saturated heterocycles. The average molecular weight is 234 g/mol. The summed E-state index contributed by atoms with van der Waals surface area (Å²) in [6, 6.07) is 10.1. The van der Waals surface area contributed by atoms with E-state index in [9.17, 15) is 0 Å². The van der Waals surface area contributed by atoms with Gasteiger partial charge in [0.15, 0.2) is 0 Å². The zero-order chi connectivity index (χ0) is 12.5. The Morgan fingerprint density at radius 1 is 1.29 bits per heavy atom. The van der Waals surface area contributed by atoms with Gasteiger partial charge in [-0.2, -0.15) is 0 Å². The molecule has 3 N–H and O–H groups in total. The summed E-state index contributed by atoms with van der Waals surface area (Å²) in [5, 5.41) is 0. The first kappa shape index (κ1) is 13.5. The zero-order valence-electron chi connectivity index (χ0n) is 10.7. The molecule has 1 rings (SSSR count). The second-order valence-electron chi connectivity index (χ2n) is 3.78. The number of hydrazine groups is 1. The van der Waals surface area contributed by atoms with Crippen LogP contribution in [0.15, 0.2) is 35.3 Å². The Morgan fingerprint density at radius 3 is 2.53 bits per heavy atom. The highest BCUT2D eigenvalue weighted by molar-refractivity contribution is 5.95. The van der Waals surface area contributed by atoms with E-state index < -0.39 is 0 Å². The largest absolute Gasteiger partial charge is 0.312 e. The number of para-hydroxylation sites is 1. The Hall–Kier alpha value is -1.55. The van der Waals surface area contributed by atoms with Gasteiger partial charge in [-0.25, -0.2) is 5.84 Å². The topological polar surface area (TPSA) is 53.6 Å². The molecule has 0 saturated carbocycles. The van der Waals surface area contributed by atoms with Gasteiger partial charge in [-0.3, -0.25) is 10.4 Å². The molecule has 0 aromatic heterocycles. The van der Waals surface area contributed by atoms with Gasteiger partial charge in [0.2, 0.25) is 5.96 Å². The summed E-state index contributed by atoms with van der Waals surface area (Å²) < 4.78 is 0. The number of benzene rings is 1. The SMILES string of the molecule is CCCCN=C(NN)N(CC)c1ccccc1. The number of aliphatic imine (C=N–C) groups is 1. The van der Waals surface area contributed by atoms with Crippen molar-refractivity contribution in [1.82, 2.24) is 5.43 Å². The third kappa shape index (κ3) is 4.07. The third-order valence-electron chi connectivity index (χ3n) is 2.54. The van der Waals surface area contributed by atoms with E-state index in [1.54, 1.807) is 0 Å². The molecule has 0 aliphatic heterocycles. The second kappa shape index (κ2) is 7.68. The van der Waals surface area contributed by atoms with E-state index in [4.69, 9.17) is 5.84 Å². The number of guanidine groups is 1. The van der Waals surface area contributed by atoms with Gasteiger partial charge in [0.25, 0.3) is 0 Å². The van der Waals surface area contributed by atoms with Crippen LogP contribution in [0.1, 0.15) is 26.7 Å². The fourth-order valence-electron chi connectivity index (χ4n) is 1.61. The molecule has 17 heavy (non-hydrogen) atoms. The Labute approximate surface area is 104 Å². The summed E-state index contributed by atoms with van der Waals surface area (Å²) in [5.74, 6) is 6.28. The molecule has 0 spiro atoms. The molecule has 0 aliphatic carbocycles. The molecule has 1 aromatic rings. The van der Waals surface area contributed by atoms with Gasteiger partial charge in [-0.1, -0.05) is 31.5 Å². The molecule has 1 aromatic carbocycles. The van der Waals surface area contributed by atoms with Crippen LogP contribution in [-0.2, 0) is 0 Å². The minimum Gasteiger partial charge on any atom is -0.312 e. The number of nitrogens with one attached hydrogen (secondary N) is 1. The van der Waals surface area contributed by atoms with Gasteiger partial charge in [0.1, 0.15) is 0 Å². The zero-order valence-corrected chi connectivity index (χ0v) is 10.7. The van der Waals surface area contributed by atoms with Crippen LogP contribution in [0.2, 0.25) is 0 Å². The van der Waals surface area contributed by atoms with Crippen LogP contribution in [0.25, 0.3) is 0 Å². The highest BCUT2D eigenvalue weighted by Crippen LogP contribution is 2.12. The monoisotopic (exact) mass is 234 g/mol. The summed E-state index contributed by atoms with van der Waals surface area (Å²) >= 11 is 0. The standard InChI is InChI=1S/C13H22N4/c1-3-5-11-15-13(16-14)17(4-2)12-9-7-6-8-10-12/h6-10H,3-5,11,14H2,1-2H3,(H,15,16). The molecule has 0 bridgehead atoms. The first-order chi connectivity index (χ1) is 8.33. The van der Waals surface area contributed by atoms with Crippen LogP contribution < -0.4 is 16.2 Å². The lowest BCUT2D eigenvalue weighted by molar-refractivity contribution is 0.793. The molecule has 0 amide bonds. The van der Waals surface area contributed by atoms with Crippen molar-refractivity contribution in [2.24, 2.45) is 10.8 Å². The van der Waals surface area contributed by atoms with Gasteiger partial charge in [-0.15, -0.1) is 0 Å². The fraction of sp³-hybridized carbons (Fsp3) is 0.462. The van der Waals surface area contributed by atoms with Crippen LogP contribution in [0, 0.1) is 0 Å². The molecule has 94 valence electrons. The molecular weight excluding hydrogens is 212 g/mol. The minimum absolute atomic E-state index is 0.729. The van der Waals surface area contributed by atoms with E-state index in [-0.39, 0.29) is 0 Å². The van der Waals surface area contributed by atoms with Crippen molar-refractivity contribution in [3.63, 3.8) is 0 Å². The average Bonchev–Trinajstić information content (AvgIpc) is 2.39. The van der Waals surface area contributed by atoms with Crippen molar-refractivity contribution < 1.29 is 0 Å². The molecule has 4 heteroatoms. The highest BCUT2D eigenvalue weighted by atomic mass is 15.4. The molecular formula is C13H22N4. The van der Waals surface area contributed by atoms with Crippen molar-refractivity contribution in [2.75, 3.05) is 18.0 Å². The summed E-state index contributed by atoms with van der Waals surface area (Å²) in [6.45, 7) is 5.87. The number of nitrogens with two attached hydrogens (primary N) is 1. The Morgan fingerprint density at radius 2 is 2.00 bits per heavy atom. The van der Waals surface area contributed by atoms with Crippen molar-refractivity contribution in [3.8, 4) is 0 Å². The smallest absolute Gasteiger partial charge is 0.212 e. The summed E-state index contributed by atoms with van der Waals surface area (Å²) in [7, 11) is 0. The van der Waals surface area contributed by atoms with Crippen LogP contribution in [-0.4, -0.2) is 19.0 Å². The Kier molecular flexibility index (Phi) is 6.10. The molecule has 0 heterocycles. The first-order valence-corrected chi connectivity index (χ1v) is 6.17. The third-order valence-corrected chi connectivity index (χ3v) is 2.54. The normalized spacial score (nSPS) is 11.4. The second-order valence-corrected chi connectivity index (χ2v) is 3.78. The van der Waals surface area contributed by atoms with Crippen LogP contribution in [0.3, 0.4) is 0 Å². The van der Waals surface area contributed by atoms with Crippen molar-refractivity contribution in [3.05, 3.63) is 30.3 Å². The first-order valence-electron chi connectivity index (χ1n) is 6.17. The summed E-state index contributed by atoms with van der Waals surface area (Å²) in [6.07, 6.45) is 2.22. The lowest BCUT2D eigenvalue weighted by Crippen LogP contribution is -2.45. The summed E-state index contributed by atoms with van der Waals surface area (Å²) in [4.78, 5) is 6.55. The molecule has 0 atom stereocenters. The van der Waals surface area contributed by atoms with Crippen LogP contribution in [0.4, 0.5) is 5.69 Å². The Balaban J connectivity index is 2.80. The maximum Gasteiger partial charge on any atom is 0.212 e. The van der Waals surface area contributed by atoms with E-state index in [0.29, 0.717) is 0 Å².